The summed E-state index contributed by atoms with van der Waals surface area (Å²) in [4.78, 5) is 0. The number of ether oxygens (including phenoxy) is 1. The van der Waals surface area contributed by atoms with Crippen LogP contribution in [-0.2, 0) is 0 Å². The minimum atomic E-state index is 0.460. The molecule has 3 aromatic carbocycles. The molecule has 0 heterocycles. The average Bonchev–Trinajstić information content (AvgIpc) is 2.61. The number of hydrogen-bond acceptors (Lipinski definition) is 3. The highest BCUT2D eigenvalue weighted by Gasteiger charge is 2.05. The van der Waals surface area contributed by atoms with Crippen LogP contribution in [0.3, 0.4) is 0 Å². The van der Waals surface area contributed by atoms with E-state index in [-0.39, 0.29) is 0 Å². The molecule has 0 atom stereocenters. The highest BCUT2D eigenvalue weighted by molar-refractivity contribution is 6.43. The molecule has 0 radical (unpaired) electrons. The lowest BCUT2D eigenvalue weighted by Crippen LogP contribution is -2.00. The van der Waals surface area contributed by atoms with Crippen molar-refractivity contribution in [3.8, 4) is 5.75 Å². The van der Waals surface area contributed by atoms with Crippen LogP contribution in [0.25, 0.3) is 10.8 Å². The third kappa shape index (κ3) is 3.48. The van der Waals surface area contributed by atoms with Crippen LogP contribution in [0.15, 0.2) is 59.7 Å². The number of nitrogens with zero attached hydrogens (tertiary/aromatic N) is 1. The van der Waals surface area contributed by atoms with Crippen molar-refractivity contribution in [1.82, 2.24) is 0 Å². The van der Waals surface area contributed by atoms with Gasteiger partial charge in [-0.25, -0.2) is 0 Å². The van der Waals surface area contributed by atoms with Crippen molar-refractivity contribution < 1.29 is 4.74 Å². The molecule has 5 heteroatoms. The van der Waals surface area contributed by atoms with Crippen LogP contribution in [0.1, 0.15) is 12.5 Å². The maximum absolute atomic E-state index is 6.15. The number of methoxy groups -OCH3 is 1. The van der Waals surface area contributed by atoms with E-state index in [9.17, 15) is 0 Å². The van der Waals surface area contributed by atoms with E-state index in [4.69, 9.17) is 27.9 Å². The van der Waals surface area contributed by atoms with Gasteiger partial charge in [-0.05, 0) is 53.6 Å². The summed E-state index contributed by atoms with van der Waals surface area (Å²) in [7, 11) is 1.67. The molecule has 3 rings (SSSR count). The van der Waals surface area contributed by atoms with E-state index in [1.54, 1.807) is 13.2 Å². The van der Waals surface area contributed by atoms with Gasteiger partial charge in [-0.1, -0.05) is 47.5 Å². The van der Waals surface area contributed by atoms with Crippen LogP contribution in [0.5, 0.6) is 5.75 Å². The zero-order valence-electron chi connectivity index (χ0n) is 13.3. The molecule has 3 nitrogen and oxygen atoms in total. The quantitative estimate of drug-likeness (QED) is 0.458. The molecule has 0 amide bonds. The molecular weight excluding hydrogens is 343 g/mol. The number of halogens is 2. The van der Waals surface area contributed by atoms with Gasteiger partial charge in [-0.3, -0.25) is 5.43 Å². The summed E-state index contributed by atoms with van der Waals surface area (Å²) in [5.41, 5.74) is 5.52. The lowest BCUT2D eigenvalue weighted by molar-refractivity contribution is 0.415. The van der Waals surface area contributed by atoms with E-state index in [2.05, 4.69) is 22.7 Å². The second-order valence-corrected chi connectivity index (χ2v) is 6.12. The molecule has 0 fully saturated rings. The molecule has 0 unspecified atom stereocenters. The van der Waals surface area contributed by atoms with E-state index >= 15 is 0 Å². The number of benzene rings is 3. The topological polar surface area (TPSA) is 33.6 Å². The molecule has 1 N–H and O–H groups in total. The normalized spacial score (nSPS) is 11.6. The largest absolute Gasteiger partial charge is 0.497 e. The maximum Gasteiger partial charge on any atom is 0.119 e. The van der Waals surface area contributed by atoms with E-state index in [1.165, 1.54) is 0 Å². The predicted molar refractivity (Wildman–Crippen MR) is 103 cm³/mol. The number of hydrogen-bond donors (Lipinski definition) is 1. The van der Waals surface area contributed by atoms with Crippen molar-refractivity contribution in [2.75, 3.05) is 12.5 Å². The fourth-order valence-corrected chi connectivity index (χ4v) is 2.72. The number of fused-ring (bicyclic) bond motifs is 1. The third-order valence-corrected chi connectivity index (χ3v) is 4.58. The van der Waals surface area contributed by atoms with E-state index in [0.29, 0.717) is 15.7 Å². The molecule has 24 heavy (non-hydrogen) atoms. The van der Waals surface area contributed by atoms with Crippen LogP contribution < -0.4 is 10.2 Å². The average molecular weight is 359 g/mol. The molecule has 0 aliphatic carbocycles. The van der Waals surface area contributed by atoms with Gasteiger partial charge >= 0.3 is 0 Å². The SMILES string of the molecule is COc1ccc2cc(/C(C)=N/Nc3cccc(Cl)c3Cl)ccc2c1. The van der Waals surface area contributed by atoms with Crippen LogP contribution in [0.4, 0.5) is 5.69 Å². The lowest BCUT2D eigenvalue weighted by atomic mass is 10.0. The van der Waals surface area contributed by atoms with Gasteiger partial charge in [-0.2, -0.15) is 5.10 Å². The van der Waals surface area contributed by atoms with Gasteiger partial charge in [0.1, 0.15) is 5.75 Å². The molecule has 0 bridgehead atoms. The summed E-state index contributed by atoms with van der Waals surface area (Å²) in [6.07, 6.45) is 0. The number of nitrogens with one attached hydrogen (secondary N) is 1. The summed E-state index contributed by atoms with van der Waals surface area (Å²) < 4.78 is 5.25. The second-order valence-electron chi connectivity index (χ2n) is 5.34. The first-order chi connectivity index (χ1) is 11.6. The Morgan fingerprint density at radius 1 is 1.00 bits per heavy atom. The van der Waals surface area contributed by atoms with Crippen LogP contribution in [0, 0.1) is 0 Å². The van der Waals surface area contributed by atoms with Crippen molar-refractivity contribution in [1.29, 1.82) is 0 Å². The summed E-state index contributed by atoms with van der Waals surface area (Å²) >= 11 is 12.2. The zero-order chi connectivity index (χ0) is 17.1. The van der Waals surface area contributed by atoms with Gasteiger partial charge in [-0.15, -0.1) is 0 Å². The third-order valence-electron chi connectivity index (χ3n) is 3.76. The van der Waals surface area contributed by atoms with Crippen molar-refractivity contribution in [3.05, 3.63) is 70.2 Å². The van der Waals surface area contributed by atoms with Gasteiger partial charge in [0.2, 0.25) is 0 Å². The number of anilines is 1. The second kappa shape index (κ2) is 7.12. The Hall–Kier alpha value is -2.23. The van der Waals surface area contributed by atoms with Crippen LogP contribution in [0.2, 0.25) is 10.0 Å². The Morgan fingerprint density at radius 3 is 2.54 bits per heavy atom. The van der Waals surface area contributed by atoms with Crippen molar-refractivity contribution in [2.24, 2.45) is 5.10 Å². The summed E-state index contributed by atoms with van der Waals surface area (Å²) in [6.45, 7) is 1.94. The van der Waals surface area contributed by atoms with E-state index < -0.39 is 0 Å². The van der Waals surface area contributed by atoms with Gasteiger partial charge in [0.25, 0.3) is 0 Å². The smallest absolute Gasteiger partial charge is 0.119 e. The number of hydrazone groups is 1. The van der Waals surface area contributed by atoms with Crippen molar-refractivity contribution >= 4 is 45.4 Å². The van der Waals surface area contributed by atoms with Crippen molar-refractivity contribution in [3.63, 3.8) is 0 Å². The first kappa shape index (κ1) is 16.6. The molecule has 0 aromatic heterocycles. The fraction of sp³-hybridized carbons (Fsp3) is 0.105. The van der Waals surface area contributed by atoms with Gasteiger partial charge in [0, 0.05) is 0 Å². The highest BCUT2D eigenvalue weighted by Crippen LogP contribution is 2.29. The van der Waals surface area contributed by atoms with E-state index in [0.717, 1.165) is 27.8 Å². The first-order valence-electron chi connectivity index (χ1n) is 7.41. The Balaban J connectivity index is 1.87. The highest BCUT2D eigenvalue weighted by atomic mass is 35.5. The molecule has 0 spiro atoms. The monoisotopic (exact) mass is 358 g/mol. The molecule has 3 aromatic rings. The molecular formula is C19H16Cl2N2O. The minimum Gasteiger partial charge on any atom is -0.497 e. The zero-order valence-corrected chi connectivity index (χ0v) is 14.8. The molecule has 0 saturated heterocycles. The Labute approximate surface area is 150 Å². The molecule has 0 aliphatic heterocycles. The Morgan fingerprint density at radius 2 is 1.75 bits per heavy atom. The van der Waals surface area contributed by atoms with Crippen LogP contribution >= 0.6 is 23.2 Å². The summed E-state index contributed by atoms with van der Waals surface area (Å²) in [6, 6.07) is 17.6. The van der Waals surface area contributed by atoms with Crippen molar-refractivity contribution in [2.45, 2.75) is 6.92 Å². The predicted octanol–water partition coefficient (Wildman–Crippen LogP) is 5.99. The first-order valence-corrected chi connectivity index (χ1v) is 8.16. The summed E-state index contributed by atoms with van der Waals surface area (Å²) in [5.74, 6) is 0.845. The van der Waals surface area contributed by atoms with E-state index in [1.807, 2.05) is 43.3 Å². The lowest BCUT2D eigenvalue weighted by Gasteiger charge is -2.08. The Bertz CT molecular complexity index is 922. The number of rotatable bonds is 4. The molecule has 0 aliphatic rings. The van der Waals surface area contributed by atoms with Gasteiger partial charge in [0.15, 0.2) is 0 Å². The fourth-order valence-electron chi connectivity index (χ4n) is 2.37. The van der Waals surface area contributed by atoms with Gasteiger partial charge < -0.3 is 4.74 Å². The van der Waals surface area contributed by atoms with Gasteiger partial charge in [0.05, 0.1) is 28.6 Å². The molecule has 0 saturated carbocycles. The minimum absolute atomic E-state index is 0.460. The standard InChI is InChI=1S/C19H16Cl2N2O/c1-12(22-23-18-5-3-4-17(20)19(18)21)13-6-7-15-11-16(24-2)9-8-14(15)10-13/h3-11,23H,1-2H3/b22-12+. The van der Waals surface area contributed by atoms with Crippen LogP contribution in [-0.4, -0.2) is 12.8 Å². The Kier molecular flexibility index (Phi) is 4.93. The summed E-state index contributed by atoms with van der Waals surface area (Å²) in [5, 5.41) is 7.61. The molecule has 122 valence electrons. The maximum atomic E-state index is 6.15.